The zero-order valence-corrected chi connectivity index (χ0v) is 31.0. The van der Waals surface area contributed by atoms with Gasteiger partial charge in [-0.3, -0.25) is 5.11 Å². The highest BCUT2D eigenvalue weighted by molar-refractivity contribution is 8.93. The third-order valence-corrected chi connectivity index (χ3v) is 14.2. The molecule has 9 heteroatoms. The number of aromatic nitrogens is 1. The van der Waals surface area contributed by atoms with E-state index in [2.05, 4.69) is 77.8 Å². The fourth-order valence-corrected chi connectivity index (χ4v) is 11.6. The van der Waals surface area contributed by atoms with Gasteiger partial charge >= 0.3 is 6.97 Å². The summed E-state index contributed by atoms with van der Waals surface area (Å²) in [6.45, 7) is -3.73. The first-order valence-electron chi connectivity index (χ1n) is 17.3. The molecule has 7 rings (SSSR count). The summed E-state index contributed by atoms with van der Waals surface area (Å²) in [5.74, 6) is -0.261. The molecule has 5 aromatic rings. The Balaban J connectivity index is 0.00000448. The molecule has 0 spiro atoms. The van der Waals surface area contributed by atoms with E-state index in [9.17, 15) is 5.11 Å². The summed E-state index contributed by atoms with van der Waals surface area (Å²) in [5.41, 5.74) is 2.69. The van der Waals surface area contributed by atoms with Gasteiger partial charge in [0.25, 0.3) is 0 Å². The van der Waals surface area contributed by atoms with E-state index < -0.39 is 20.3 Å². The van der Waals surface area contributed by atoms with Crippen molar-refractivity contribution in [2.24, 2.45) is 4.99 Å². The standard InChI is InChI=1S/C42H40BF2N3OP.BrH/c44-43(45)47-35(18-14-13-17-34-15-5-1-6-16-34)25-27-37(47)33-38-28-26-36(48(38)43)29-30-42(49)46-31-32-50(39-19-7-2-8-20-39,40-21-9-3-10-22-40)41-23-11-4-12-24-41;/h1-24,26,28,33,35H,25,27,29-32H2;1H/b17-13+,18-14+,46-42?;. The predicted molar refractivity (Wildman–Crippen MR) is 217 cm³/mol. The number of halogens is 3. The van der Waals surface area contributed by atoms with Crippen LogP contribution >= 0.6 is 24.2 Å². The van der Waals surface area contributed by atoms with Gasteiger partial charge in [-0.05, 0) is 90.8 Å². The van der Waals surface area contributed by atoms with Crippen molar-refractivity contribution in [3.63, 3.8) is 0 Å². The van der Waals surface area contributed by atoms with E-state index in [-0.39, 0.29) is 35.7 Å². The van der Waals surface area contributed by atoms with Crippen molar-refractivity contribution in [2.75, 3.05) is 12.7 Å². The van der Waals surface area contributed by atoms with Gasteiger partial charge in [0.05, 0.1) is 12.7 Å². The van der Waals surface area contributed by atoms with Crippen LogP contribution in [0.3, 0.4) is 0 Å². The number of hydrogen-bond acceptors (Lipinski definition) is 2. The molecular weight excluding hydrogens is 722 g/mol. The van der Waals surface area contributed by atoms with E-state index in [1.54, 1.807) is 12.1 Å². The maximum atomic E-state index is 16.4. The fourth-order valence-electron chi connectivity index (χ4n) is 7.49. The van der Waals surface area contributed by atoms with E-state index in [1.807, 2.05) is 78.9 Å². The Morgan fingerprint density at radius 2 is 1.35 bits per heavy atom. The summed E-state index contributed by atoms with van der Waals surface area (Å²) < 4.78 is 33.9. The number of nitrogens with zero attached hydrogens (tertiary/aromatic N) is 3. The maximum absolute atomic E-state index is 16.4. The minimum Gasteiger partial charge on any atom is -0.468 e. The van der Waals surface area contributed by atoms with Crippen LogP contribution in [0.5, 0.6) is 0 Å². The molecule has 1 fully saturated rings. The maximum Gasteiger partial charge on any atom is 0.529 e. The molecule has 1 unspecified atom stereocenters. The molecule has 51 heavy (non-hydrogen) atoms. The molecule has 0 bridgehead atoms. The number of aliphatic imine (C=N–C) groups is 1. The molecule has 4 nitrogen and oxygen atoms in total. The zero-order chi connectivity index (χ0) is 34.4. The fraction of sp³-hybridized carbons (Fsp3) is 0.167. The molecule has 1 atom stereocenters. The van der Waals surface area contributed by atoms with Crippen LogP contribution in [0.15, 0.2) is 162 Å². The van der Waals surface area contributed by atoms with Gasteiger partial charge in [-0.15, -0.1) is 17.0 Å². The van der Waals surface area contributed by atoms with Gasteiger partial charge in [-0.1, -0.05) is 109 Å². The number of rotatable bonds is 12. The molecule has 3 heterocycles. The van der Waals surface area contributed by atoms with E-state index in [0.29, 0.717) is 42.6 Å². The van der Waals surface area contributed by atoms with Crippen LogP contribution in [0, 0.1) is 0 Å². The Labute approximate surface area is 310 Å². The second-order valence-electron chi connectivity index (χ2n) is 12.8. The van der Waals surface area contributed by atoms with Crippen molar-refractivity contribution in [1.82, 2.24) is 9.29 Å². The summed E-state index contributed by atoms with van der Waals surface area (Å²) in [6, 6.07) is 44.5. The highest BCUT2D eigenvalue weighted by atomic mass is 79.9. The van der Waals surface area contributed by atoms with Crippen molar-refractivity contribution in [3.8, 4) is 0 Å². The van der Waals surface area contributed by atoms with Gasteiger partial charge in [0.2, 0.25) is 5.90 Å². The second kappa shape index (κ2) is 16.2. The molecule has 2 aliphatic rings. The molecule has 259 valence electrons. The minimum absolute atomic E-state index is 0. The number of aryl methyl sites for hydroxylation is 1. The smallest absolute Gasteiger partial charge is 0.468 e. The molecule has 2 aliphatic heterocycles. The average molecular weight is 763 g/mol. The molecule has 0 amide bonds. The van der Waals surface area contributed by atoms with Crippen molar-refractivity contribution in [2.45, 2.75) is 31.7 Å². The Morgan fingerprint density at radius 3 is 1.94 bits per heavy atom. The number of hydrogen-bond donors (Lipinski definition) is 0. The van der Waals surface area contributed by atoms with Crippen LogP contribution in [0.4, 0.5) is 8.63 Å². The van der Waals surface area contributed by atoms with Gasteiger partial charge in [0, 0.05) is 18.2 Å². The van der Waals surface area contributed by atoms with E-state index >= 15 is 8.63 Å². The summed E-state index contributed by atoms with van der Waals surface area (Å²) >= 11 is 0. The number of fused-ring (bicyclic) bond motifs is 2. The second-order valence-corrected chi connectivity index (χ2v) is 16.4. The van der Waals surface area contributed by atoms with Crippen LogP contribution in [0.2, 0.25) is 0 Å². The normalized spacial score (nSPS) is 16.9. The molecule has 4 aromatic carbocycles. The van der Waals surface area contributed by atoms with Gasteiger partial charge in [-0.2, -0.15) is 0 Å². The van der Waals surface area contributed by atoms with Crippen molar-refractivity contribution in [1.29, 1.82) is 0 Å². The lowest BCUT2D eigenvalue weighted by molar-refractivity contribution is 0.356. The van der Waals surface area contributed by atoms with Crippen LogP contribution < -0.4 is 15.9 Å². The summed E-state index contributed by atoms with van der Waals surface area (Å²) in [4.78, 5) is 5.82. The first-order chi connectivity index (χ1) is 24.5. The van der Waals surface area contributed by atoms with Crippen LogP contribution in [-0.2, 0) is 11.5 Å². The lowest BCUT2D eigenvalue weighted by Gasteiger charge is -2.47. The largest absolute Gasteiger partial charge is 0.529 e. The third kappa shape index (κ3) is 7.59. The van der Waals surface area contributed by atoms with Crippen LogP contribution in [-0.4, -0.2) is 40.9 Å². The average Bonchev–Trinajstić information content (AvgIpc) is 3.78. The van der Waals surface area contributed by atoms with E-state index in [1.165, 1.54) is 25.2 Å². The molecule has 1 saturated heterocycles. The monoisotopic (exact) mass is 762 g/mol. The number of benzene rings is 4. The quantitative estimate of drug-likeness (QED) is 0.0411. The van der Waals surface area contributed by atoms with Gasteiger partial charge < -0.3 is 17.9 Å². The van der Waals surface area contributed by atoms with Crippen molar-refractivity contribution in [3.05, 3.63) is 174 Å². The highest BCUT2D eigenvalue weighted by Gasteiger charge is 2.47. The summed E-state index contributed by atoms with van der Waals surface area (Å²) in [7, 11) is -2.12. The summed E-state index contributed by atoms with van der Waals surface area (Å²) in [5, 5.41) is 17.0. The van der Waals surface area contributed by atoms with E-state index in [0.717, 1.165) is 5.56 Å². The minimum atomic E-state index is -4.08. The van der Waals surface area contributed by atoms with Gasteiger partial charge in [0.1, 0.15) is 23.2 Å². The Hall–Kier alpha value is -4.52. The third-order valence-electron chi connectivity index (χ3n) is 9.82. The molecular formula is C42H41BBrF2N3OP. The van der Waals surface area contributed by atoms with Crippen molar-refractivity contribution >= 4 is 65.2 Å². The lowest BCUT2D eigenvalue weighted by Crippen LogP contribution is -2.56. The van der Waals surface area contributed by atoms with Gasteiger partial charge in [-0.25, -0.2) is 4.99 Å². The Bertz CT molecular complexity index is 1920. The highest BCUT2D eigenvalue weighted by Crippen LogP contribution is 2.55. The topological polar surface area (TPSA) is 40.4 Å². The predicted octanol–water partition coefficient (Wildman–Crippen LogP) is 9.13. The lowest BCUT2D eigenvalue weighted by atomic mass is 9.87. The number of allylic oxidation sites excluding steroid dienone is 3. The first kappa shape index (κ1) is 36.3. The zero-order valence-electron chi connectivity index (χ0n) is 28.3. The van der Waals surface area contributed by atoms with Crippen molar-refractivity contribution < 1.29 is 13.7 Å². The molecule has 0 aliphatic carbocycles. The van der Waals surface area contributed by atoms with Crippen LogP contribution in [0.1, 0.15) is 36.2 Å². The summed E-state index contributed by atoms with van der Waals surface area (Å²) in [6.07, 6.45) is 11.7. The SMILES string of the molecule is Br.[O]C(CCc1ccc2n1[B-](F)(F)N1C(=C2)CCC1/C=C/C=C/c1ccccc1)=NCC[P+](c1ccccc1)(c1ccccc1)c1ccccc1. The molecule has 1 aromatic heterocycles. The Kier molecular flexibility index (Phi) is 11.5. The first-order valence-corrected chi connectivity index (χ1v) is 19.3. The van der Waals surface area contributed by atoms with Gasteiger partial charge in [0.15, 0.2) is 0 Å². The Morgan fingerprint density at radius 1 is 0.784 bits per heavy atom. The molecule has 1 radical (unpaired) electrons. The molecule has 0 saturated carbocycles. The molecule has 0 N–H and O–H groups in total. The van der Waals surface area contributed by atoms with Crippen LogP contribution in [0.25, 0.3) is 12.2 Å². The van der Waals surface area contributed by atoms with E-state index in [4.69, 9.17) is 0 Å².